The zero-order chi connectivity index (χ0) is 27.6. The van der Waals surface area contributed by atoms with E-state index >= 15 is 0 Å². The zero-order valence-corrected chi connectivity index (χ0v) is 20.9. The SMILES string of the molecule is O=C1[C@H]2[C@@H]3CCCN3[C@]3(c4ccccc4-n4c3nc3ccccc3c4=O)[C@H]2C(=O)N1c1ccccc1C(F)(F)F. The number of anilines is 1. The molecule has 4 atom stereocenters. The quantitative estimate of drug-likeness (QED) is 0.337. The molecule has 0 radical (unpaired) electrons. The fraction of sp³-hybridized carbons (Fsp3) is 0.267. The Morgan fingerprint density at radius 1 is 0.850 bits per heavy atom. The van der Waals surface area contributed by atoms with Gasteiger partial charge in [0.2, 0.25) is 11.8 Å². The standard InChI is InChI=1S/C30H21F3N4O3/c31-30(32,33)18-10-3-6-13-21(18)36-26(39)23-22-14-7-15-35(22)29(24(23)27(36)40)17-9-2-5-12-20(17)37-25(38)16-8-1-4-11-19(16)34-28(29)37/h1-6,8-13,22-24H,7,14-15H2/t22-,23-,24+,29+/m0/s1. The Balaban J connectivity index is 1.43. The summed E-state index contributed by atoms with van der Waals surface area (Å²) in [6.07, 6.45) is -3.40. The number of rotatable bonds is 1. The molecule has 4 aliphatic rings. The van der Waals surface area contributed by atoms with Crippen molar-refractivity contribution < 1.29 is 22.8 Å². The minimum Gasteiger partial charge on any atom is -0.283 e. The van der Waals surface area contributed by atoms with Crippen LogP contribution in [-0.2, 0) is 21.3 Å². The lowest BCUT2D eigenvalue weighted by Gasteiger charge is -2.38. The van der Waals surface area contributed by atoms with Crippen LogP contribution in [0.1, 0.15) is 29.8 Å². The first-order valence-electron chi connectivity index (χ1n) is 13.2. The Morgan fingerprint density at radius 2 is 1.55 bits per heavy atom. The van der Waals surface area contributed by atoms with Crippen LogP contribution in [0.2, 0.25) is 0 Å². The number of aromatic nitrogens is 2. The van der Waals surface area contributed by atoms with Crippen LogP contribution in [0.4, 0.5) is 18.9 Å². The van der Waals surface area contributed by atoms with Crippen molar-refractivity contribution in [3.05, 3.63) is 100 Å². The number of amides is 2. The van der Waals surface area contributed by atoms with Gasteiger partial charge in [-0.05, 0) is 49.7 Å². The molecule has 3 aromatic carbocycles. The number of carbonyl (C=O) groups excluding carboxylic acids is 2. The summed E-state index contributed by atoms with van der Waals surface area (Å²) in [5.74, 6) is -2.93. The van der Waals surface area contributed by atoms with E-state index < -0.39 is 46.6 Å². The maximum Gasteiger partial charge on any atom is 0.418 e. The van der Waals surface area contributed by atoms with Gasteiger partial charge in [-0.25, -0.2) is 9.88 Å². The van der Waals surface area contributed by atoms with Crippen molar-refractivity contribution in [2.75, 3.05) is 11.4 Å². The summed E-state index contributed by atoms with van der Waals surface area (Å²) in [5.41, 5.74) is -1.37. The van der Waals surface area contributed by atoms with Gasteiger partial charge in [-0.15, -0.1) is 0 Å². The molecule has 40 heavy (non-hydrogen) atoms. The van der Waals surface area contributed by atoms with Gasteiger partial charge in [0, 0.05) is 11.6 Å². The van der Waals surface area contributed by atoms with Crippen molar-refractivity contribution in [2.24, 2.45) is 11.8 Å². The molecule has 0 bridgehead atoms. The number of alkyl halides is 3. The number of para-hydroxylation sites is 3. The number of benzene rings is 3. The lowest BCUT2D eigenvalue weighted by atomic mass is 9.75. The summed E-state index contributed by atoms with van der Waals surface area (Å²) in [7, 11) is 0. The summed E-state index contributed by atoms with van der Waals surface area (Å²) < 4.78 is 43.6. The Labute approximate surface area is 225 Å². The largest absolute Gasteiger partial charge is 0.418 e. The average molecular weight is 543 g/mol. The predicted octanol–water partition coefficient (Wildman–Crippen LogP) is 4.25. The first-order valence-corrected chi connectivity index (χ1v) is 13.2. The van der Waals surface area contributed by atoms with E-state index in [9.17, 15) is 27.6 Å². The molecule has 200 valence electrons. The lowest BCUT2D eigenvalue weighted by molar-refractivity contribution is -0.137. The first-order chi connectivity index (χ1) is 19.3. The average Bonchev–Trinajstić information content (AvgIpc) is 3.66. The third-order valence-electron chi connectivity index (χ3n) is 9.09. The van der Waals surface area contributed by atoms with Gasteiger partial charge in [0.1, 0.15) is 11.4 Å². The minimum atomic E-state index is -4.76. The molecule has 7 nitrogen and oxygen atoms in total. The third kappa shape index (κ3) is 2.64. The Hall–Kier alpha value is -4.31. The number of hydrogen-bond donors (Lipinski definition) is 0. The van der Waals surface area contributed by atoms with E-state index in [-0.39, 0.29) is 11.6 Å². The van der Waals surface area contributed by atoms with E-state index in [1.165, 1.54) is 22.8 Å². The van der Waals surface area contributed by atoms with Crippen LogP contribution in [0.25, 0.3) is 16.6 Å². The van der Waals surface area contributed by atoms with Crippen LogP contribution in [0, 0.1) is 11.8 Å². The van der Waals surface area contributed by atoms with Gasteiger partial charge in [0.05, 0.1) is 39.7 Å². The lowest BCUT2D eigenvalue weighted by Crippen LogP contribution is -2.51. The molecule has 1 spiro atoms. The van der Waals surface area contributed by atoms with Crippen LogP contribution in [-0.4, -0.2) is 38.9 Å². The second-order valence-corrected chi connectivity index (χ2v) is 10.8. The van der Waals surface area contributed by atoms with E-state index in [0.717, 1.165) is 17.4 Å². The van der Waals surface area contributed by atoms with Crippen LogP contribution in [0.5, 0.6) is 0 Å². The molecule has 3 fully saturated rings. The molecule has 4 aliphatic heterocycles. The monoisotopic (exact) mass is 542 g/mol. The van der Waals surface area contributed by atoms with Crippen molar-refractivity contribution in [1.29, 1.82) is 0 Å². The number of fused-ring (bicyclic) bond motifs is 11. The third-order valence-corrected chi connectivity index (χ3v) is 9.09. The second-order valence-electron chi connectivity index (χ2n) is 10.8. The van der Waals surface area contributed by atoms with Gasteiger partial charge in [0.25, 0.3) is 5.56 Å². The Bertz CT molecular complexity index is 1850. The normalized spacial score (nSPS) is 27.0. The van der Waals surface area contributed by atoms with Gasteiger partial charge in [-0.3, -0.25) is 23.9 Å². The molecule has 8 rings (SSSR count). The molecule has 5 heterocycles. The van der Waals surface area contributed by atoms with E-state index in [1.54, 1.807) is 36.4 Å². The number of halogens is 3. The zero-order valence-electron chi connectivity index (χ0n) is 20.9. The number of carbonyl (C=O) groups is 2. The van der Waals surface area contributed by atoms with Gasteiger partial charge in [0.15, 0.2) is 0 Å². The molecule has 0 N–H and O–H groups in total. The van der Waals surface area contributed by atoms with Crippen molar-refractivity contribution in [1.82, 2.24) is 14.5 Å². The highest BCUT2D eigenvalue weighted by Crippen LogP contribution is 2.62. The summed E-state index contributed by atoms with van der Waals surface area (Å²) in [6, 6.07) is 18.5. The minimum absolute atomic E-state index is 0.292. The topological polar surface area (TPSA) is 75.5 Å². The molecule has 10 heteroatoms. The summed E-state index contributed by atoms with van der Waals surface area (Å²) in [4.78, 5) is 50.2. The predicted molar refractivity (Wildman–Crippen MR) is 139 cm³/mol. The first kappa shape index (κ1) is 23.6. The maximum absolute atomic E-state index is 14.4. The molecule has 4 aromatic rings. The molecular formula is C30H21F3N4O3. The molecule has 0 saturated carbocycles. The van der Waals surface area contributed by atoms with Gasteiger partial charge in [-0.2, -0.15) is 13.2 Å². The summed E-state index contributed by atoms with van der Waals surface area (Å²) in [6.45, 7) is 0.564. The fourth-order valence-electron chi connectivity index (χ4n) is 7.76. The van der Waals surface area contributed by atoms with Crippen LogP contribution in [0.15, 0.2) is 77.6 Å². The van der Waals surface area contributed by atoms with Crippen LogP contribution >= 0.6 is 0 Å². The van der Waals surface area contributed by atoms with Gasteiger partial charge < -0.3 is 0 Å². The molecule has 1 aromatic heterocycles. The smallest absolute Gasteiger partial charge is 0.283 e. The fourth-order valence-corrected chi connectivity index (χ4v) is 7.76. The maximum atomic E-state index is 14.4. The number of nitrogens with zero attached hydrogens (tertiary/aromatic N) is 4. The van der Waals surface area contributed by atoms with Crippen LogP contribution in [0.3, 0.4) is 0 Å². The van der Waals surface area contributed by atoms with E-state index in [0.29, 0.717) is 40.9 Å². The van der Waals surface area contributed by atoms with E-state index in [2.05, 4.69) is 4.90 Å². The van der Waals surface area contributed by atoms with Crippen molar-refractivity contribution in [3.8, 4) is 5.69 Å². The molecular weight excluding hydrogens is 521 g/mol. The Kier molecular flexibility index (Phi) is 4.51. The van der Waals surface area contributed by atoms with E-state index in [1.807, 2.05) is 12.1 Å². The molecule has 0 unspecified atom stereocenters. The van der Waals surface area contributed by atoms with Crippen molar-refractivity contribution in [3.63, 3.8) is 0 Å². The van der Waals surface area contributed by atoms with Crippen molar-refractivity contribution in [2.45, 2.75) is 30.6 Å². The van der Waals surface area contributed by atoms with Gasteiger partial charge in [-0.1, -0.05) is 42.5 Å². The number of imide groups is 1. The Morgan fingerprint density at radius 3 is 2.35 bits per heavy atom. The van der Waals surface area contributed by atoms with E-state index in [4.69, 9.17) is 4.98 Å². The summed E-state index contributed by atoms with van der Waals surface area (Å²) in [5, 5.41) is 0.417. The molecule has 2 amide bonds. The molecule has 0 aliphatic carbocycles. The molecule has 3 saturated heterocycles. The number of hydrogen-bond acceptors (Lipinski definition) is 5. The van der Waals surface area contributed by atoms with Crippen LogP contribution < -0.4 is 10.5 Å². The highest BCUT2D eigenvalue weighted by atomic mass is 19.4. The highest BCUT2D eigenvalue weighted by Gasteiger charge is 2.74. The second kappa shape index (κ2) is 7.66. The van der Waals surface area contributed by atoms with Gasteiger partial charge >= 0.3 is 6.18 Å². The van der Waals surface area contributed by atoms with Crippen molar-refractivity contribution >= 4 is 28.4 Å². The highest BCUT2D eigenvalue weighted by molar-refractivity contribution is 6.23. The summed E-state index contributed by atoms with van der Waals surface area (Å²) >= 11 is 0.